The molecule has 4 saturated carbocycles. The molecule has 0 spiro atoms. The van der Waals surface area contributed by atoms with Crippen molar-refractivity contribution in [1.82, 2.24) is 5.32 Å². The lowest BCUT2D eigenvalue weighted by Gasteiger charge is -2.57. The third-order valence-corrected chi connectivity index (χ3v) is 6.62. The summed E-state index contributed by atoms with van der Waals surface area (Å²) in [5.74, 6) is 2.43. The van der Waals surface area contributed by atoms with E-state index in [-0.39, 0.29) is 11.8 Å². The van der Waals surface area contributed by atoms with Crippen molar-refractivity contribution in [2.75, 3.05) is 5.32 Å². The summed E-state index contributed by atoms with van der Waals surface area (Å²) < 4.78 is 0. The Balaban J connectivity index is 1.46. The van der Waals surface area contributed by atoms with Crippen LogP contribution in [-0.4, -0.2) is 17.9 Å². The lowest BCUT2D eigenvalue weighted by molar-refractivity contribution is -0.124. The summed E-state index contributed by atoms with van der Waals surface area (Å²) in [6, 6.07) is 7.94. The van der Waals surface area contributed by atoms with Crippen LogP contribution in [0.1, 0.15) is 57.9 Å². The van der Waals surface area contributed by atoms with Crippen LogP contribution in [0.15, 0.2) is 24.3 Å². The van der Waals surface area contributed by atoms with Crippen molar-refractivity contribution >= 4 is 17.5 Å². The average molecular weight is 340 g/mol. The molecule has 25 heavy (non-hydrogen) atoms. The number of benzene rings is 1. The highest BCUT2D eigenvalue weighted by molar-refractivity contribution is 5.96. The Morgan fingerprint density at radius 2 is 1.52 bits per heavy atom. The van der Waals surface area contributed by atoms with Crippen LogP contribution in [0.5, 0.6) is 0 Å². The Kier molecular flexibility index (Phi) is 4.09. The minimum atomic E-state index is -0.527. The lowest BCUT2D eigenvalue weighted by atomic mass is 9.48. The van der Waals surface area contributed by atoms with Crippen molar-refractivity contribution in [2.24, 2.45) is 17.8 Å². The van der Waals surface area contributed by atoms with Gasteiger partial charge in [-0.2, -0.15) is 0 Å². The summed E-state index contributed by atoms with van der Waals surface area (Å²) in [4.78, 5) is 23.2. The predicted molar refractivity (Wildman–Crippen MR) is 98.2 cm³/mol. The van der Waals surface area contributed by atoms with Crippen LogP contribution in [-0.2, 0) is 15.0 Å². The van der Waals surface area contributed by atoms with Crippen LogP contribution in [0, 0.1) is 17.8 Å². The molecule has 4 nitrogen and oxygen atoms in total. The highest BCUT2D eigenvalue weighted by Gasteiger charge is 2.51. The number of anilines is 1. The van der Waals surface area contributed by atoms with Crippen LogP contribution in [0.2, 0.25) is 0 Å². The second-order valence-corrected chi connectivity index (χ2v) is 8.69. The van der Waals surface area contributed by atoms with Crippen molar-refractivity contribution in [3.63, 3.8) is 0 Å². The van der Waals surface area contributed by atoms with Crippen molar-refractivity contribution in [3.05, 3.63) is 29.8 Å². The molecular weight excluding hydrogens is 312 g/mol. The Hall–Kier alpha value is -1.84. The van der Waals surface area contributed by atoms with E-state index in [0.29, 0.717) is 5.41 Å². The van der Waals surface area contributed by atoms with E-state index in [1.165, 1.54) is 51.0 Å². The Labute approximate surface area is 149 Å². The number of rotatable bonds is 4. The van der Waals surface area contributed by atoms with Gasteiger partial charge in [-0.15, -0.1) is 0 Å². The van der Waals surface area contributed by atoms with Gasteiger partial charge in [0.2, 0.25) is 11.8 Å². The van der Waals surface area contributed by atoms with Crippen LogP contribution in [0.4, 0.5) is 5.69 Å². The van der Waals surface area contributed by atoms with Gasteiger partial charge in [-0.05, 0) is 86.3 Å². The maximum Gasteiger partial charge on any atom is 0.246 e. The van der Waals surface area contributed by atoms with Gasteiger partial charge in [-0.25, -0.2) is 0 Å². The maximum atomic E-state index is 12.1. The summed E-state index contributed by atoms with van der Waals surface area (Å²) >= 11 is 0. The van der Waals surface area contributed by atoms with E-state index in [0.717, 1.165) is 23.4 Å². The lowest BCUT2D eigenvalue weighted by Crippen LogP contribution is -2.48. The summed E-state index contributed by atoms with van der Waals surface area (Å²) in [6.45, 7) is 3.12. The van der Waals surface area contributed by atoms with Gasteiger partial charge in [0.1, 0.15) is 6.04 Å². The zero-order chi connectivity index (χ0) is 17.6. The number of amides is 2. The zero-order valence-corrected chi connectivity index (χ0v) is 15.2. The number of carbonyl (C=O) groups excluding carboxylic acids is 2. The van der Waals surface area contributed by atoms with Crippen LogP contribution >= 0.6 is 0 Å². The molecule has 0 radical (unpaired) electrons. The molecule has 1 aromatic rings. The fourth-order valence-electron chi connectivity index (χ4n) is 5.99. The molecule has 2 amide bonds. The van der Waals surface area contributed by atoms with E-state index in [2.05, 4.69) is 22.8 Å². The number of carbonyl (C=O) groups is 2. The number of hydrogen-bond acceptors (Lipinski definition) is 2. The van der Waals surface area contributed by atoms with Gasteiger partial charge in [0, 0.05) is 12.6 Å². The zero-order valence-electron chi connectivity index (χ0n) is 15.2. The van der Waals surface area contributed by atoms with Gasteiger partial charge >= 0.3 is 0 Å². The van der Waals surface area contributed by atoms with E-state index < -0.39 is 6.04 Å². The summed E-state index contributed by atoms with van der Waals surface area (Å²) in [5, 5.41) is 5.51. The molecule has 134 valence electrons. The molecule has 0 saturated heterocycles. The quantitative estimate of drug-likeness (QED) is 0.879. The second-order valence-electron chi connectivity index (χ2n) is 8.69. The van der Waals surface area contributed by atoms with Gasteiger partial charge in [0.05, 0.1) is 0 Å². The molecule has 4 aliphatic rings. The molecule has 4 aliphatic carbocycles. The Morgan fingerprint density at radius 1 is 1.00 bits per heavy atom. The van der Waals surface area contributed by atoms with Crippen LogP contribution < -0.4 is 10.6 Å². The van der Waals surface area contributed by atoms with E-state index in [1.807, 2.05) is 12.1 Å². The third-order valence-electron chi connectivity index (χ3n) is 6.62. The molecule has 1 atom stereocenters. The fraction of sp³-hybridized carbons (Fsp3) is 0.619. The van der Waals surface area contributed by atoms with Crippen LogP contribution in [0.25, 0.3) is 0 Å². The number of nitrogens with one attached hydrogen (secondary N) is 2. The minimum absolute atomic E-state index is 0.183. The summed E-state index contributed by atoms with van der Waals surface area (Å²) in [5.41, 5.74) is 2.65. The largest absolute Gasteiger partial charge is 0.345 e. The first kappa shape index (κ1) is 16.6. The summed E-state index contributed by atoms with van der Waals surface area (Å²) in [7, 11) is 0. The molecule has 2 N–H and O–H groups in total. The molecule has 1 aromatic carbocycles. The molecule has 4 fully saturated rings. The van der Waals surface area contributed by atoms with Crippen molar-refractivity contribution in [1.29, 1.82) is 0 Å². The van der Waals surface area contributed by atoms with E-state index >= 15 is 0 Å². The van der Waals surface area contributed by atoms with E-state index in [9.17, 15) is 9.59 Å². The van der Waals surface area contributed by atoms with Gasteiger partial charge in [-0.1, -0.05) is 12.1 Å². The van der Waals surface area contributed by atoms with Gasteiger partial charge in [0.25, 0.3) is 0 Å². The second kappa shape index (κ2) is 6.15. The molecule has 0 heterocycles. The highest BCUT2D eigenvalue weighted by Crippen LogP contribution is 2.60. The monoisotopic (exact) mass is 340 g/mol. The molecular formula is C21H28N2O2. The molecule has 0 aromatic heterocycles. The van der Waals surface area contributed by atoms with Gasteiger partial charge < -0.3 is 10.6 Å². The maximum absolute atomic E-state index is 12.1. The predicted octanol–water partition coefficient (Wildman–Crippen LogP) is 3.62. The topological polar surface area (TPSA) is 58.2 Å². The van der Waals surface area contributed by atoms with E-state index in [1.54, 1.807) is 6.92 Å². The minimum Gasteiger partial charge on any atom is -0.345 e. The molecule has 5 rings (SSSR count). The van der Waals surface area contributed by atoms with Crippen LogP contribution in [0.3, 0.4) is 0 Å². The molecule has 4 heteroatoms. The van der Waals surface area contributed by atoms with Crippen molar-refractivity contribution in [2.45, 2.75) is 63.8 Å². The van der Waals surface area contributed by atoms with Crippen molar-refractivity contribution in [3.8, 4) is 0 Å². The van der Waals surface area contributed by atoms with Crippen molar-refractivity contribution < 1.29 is 9.59 Å². The van der Waals surface area contributed by atoms with Gasteiger partial charge in [0.15, 0.2) is 0 Å². The standard InChI is InChI=1S/C21H28N2O2/c1-13(22-14(2)24)20(25)23-19-5-3-18(4-6-19)21-10-15-7-16(11-21)9-17(8-15)12-21/h3-6,13,15-17H,7-12H2,1-2H3,(H,22,24)(H,23,25)/t13-,15?,16?,17?,21?/m0/s1. The first-order valence-corrected chi connectivity index (χ1v) is 9.62. The smallest absolute Gasteiger partial charge is 0.246 e. The normalized spacial score (nSPS) is 33.8. The van der Waals surface area contributed by atoms with Gasteiger partial charge in [-0.3, -0.25) is 9.59 Å². The fourth-order valence-corrected chi connectivity index (χ4v) is 5.99. The Morgan fingerprint density at radius 3 is 2.00 bits per heavy atom. The summed E-state index contributed by atoms with van der Waals surface area (Å²) in [6.07, 6.45) is 8.41. The average Bonchev–Trinajstić information content (AvgIpc) is 2.53. The Bertz CT molecular complexity index is 644. The first-order valence-electron chi connectivity index (χ1n) is 9.62. The first-order chi connectivity index (χ1) is 11.9. The van der Waals surface area contributed by atoms with E-state index in [4.69, 9.17) is 0 Å². The molecule has 0 unspecified atom stereocenters. The highest BCUT2D eigenvalue weighted by atomic mass is 16.2. The molecule has 0 aliphatic heterocycles. The molecule has 4 bridgehead atoms. The SMILES string of the molecule is CC(=O)N[C@@H](C)C(=O)Nc1ccc(C23CC4CC(CC(C4)C2)C3)cc1. The number of hydrogen-bond donors (Lipinski definition) is 2. The third kappa shape index (κ3) is 3.19.